The number of para-hydroxylation sites is 2. The lowest BCUT2D eigenvalue weighted by molar-refractivity contribution is 0.340. The van der Waals surface area contributed by atoms with Gasteiger partial charge < -0.3 is 4.74 Å². The van der Waals surface area contributed by atoms with Crippen molar-refractivity contribution in [1.82, 2.24) is 4.98 Å². The van der Waals surface area contributed by atoms with Crippen LogP contribution in [0.1, 0.15) is 6.92 Å². The highest BCUT2D eigenvalue weighted by Gasteiger charge is 2.18. The normalized spacial score (nSPS) is 11.5. The van der Waals surface area contributed by atoms with Crippen molar-refractivity contribution in [1.29, 1.82) is 0 Å². The van der Waals surface area contributed by atoms with Gasteiger partial charge in [-0.2, -0.15) is 0 Å². The third kappa shape index (κ3) is 3.72. The molecule has 0 saturated carbocycles. The maximum absolute atomic E-state index is 12.9. The van der Waals surface area contributed by atoms with Crippen molar-refractivity contribution >= 4 is 37.3 Å². The van der Waals surface area contributed by atoms with Crippen LogP contribution in [-0.2, 0) is 10.0 Å². The Morgan fingerprint density at radius 1 is 0.964 bits per heavy atom. The first kappa shape index (κ1) is 18.5. The molecule has 0 amide bonds. The van der Waals surface area contributed by atoms with E-state index in [0.29, 0.717) is 18.0 Å². The van der Waals surface area contributed by atoms with Gasteiger partial charge in [0.25, 0.3) is 10.0 Å². The number of sulfonamides is 1. The SMILES string of the molecule is CCOc1ccc(S(=O)(=O)Nc2ccccc2-c2nc3ccccc3s2)cc1. The van der Waals surface area contributed by atoms with Crippen molar-refractivity contribution < 1.29 is 13.2 Å². The lowest BCUT2D eigenvalue weighted by Gasteiger charge is -2.12. The molecule has 0 aliphatic rings. The Kier molecular flexibility index (Phi) is 5.02. The van der Waals surface area contributed by atoms with Crippen molar-refractivity contribution in [3.63, 3.8) is 0 Å². The quantitative estimate of drug-likeness (QED) is 0.477. The highest BCUT2D eigenvalue weighted by molar-refractivity contribution is 7.92. The van der Waals surface area contributed by atoms with Crippen molar-refractivity contribution in [2.45, 2.75) is 11.8 Å². The van der Waals surface area contributed by atoms with E-state index in [1.807, 2.05) is 43.3 Å². The van der Waals surface area contributed by atoms with E-state index >= 15 is 0 Å². The van der Waals surface area contributed by atoms with Gasteiger partial charge in [-0.3, -0.25) is 4.72 Å². The third-order valence-electron chi connectivity index (χ3n) is 4.14. The summed E-state index contributed by atoms with van der Waals surface area (Å²) in [5, 5.41) is 0.770. The summed E-state index contributed by atoms with van der Waals surface area (Å²) >= 11 is 1.53. The second kappa shape index (κ2) is 7.61. The number of benzene rings is 3. The molecule has 5 nitrogen and oxygen atoms in total. The Balaban J connectivity index is 1.68. The Bertz CT molecular complexity index is 1180. The summed E-state index contributed by atoms with van der Waals surface area (Å²) in [7, 11) is -3.73. The first-order valence-electron chi connectivity index (χ1n) is 8.77. The zero-order valence-corrected chi connectivity index (χ0v) is 16.8. The molecule has 0 atom stereocenters. The molecule has 0 fully saturated rings. The second-order valence-corrected chi connectivity index (χ2v) is 8.76. The molecule has 142 valence electrons. The summed E-state index contributed by atoms with van der Waals surface area (Å²) in [4.78, 5) is 4.82. The molecule has 28 heavy (non-hydrogen) atoms. The summed E-state index contributed by atoms with van der Waals surface area (Å²) in [5.74, 6) is 0.635. The monoisotopic (exact) mass is 410 g/mol. The van der Waals surface area contributed by atoms with Gasteiger partial charge in [0.1, 0.15) is 10.8 Å². The van der Waals surface area contributed by atoms with Crippen molar-refractivity contribution in [2.24, 2.45) is 0 Å². The molecule has 0 radical (unpaired) electrons. The van der Waals surface area contributed by atoms with Gasteiger partial charge in [0.05, 0.1) is 27.4 Å². The standard InChI is InChI=1S/C21H18N2O3S2/c1-2-26-15-11-13-16(14-12-15)28(24,25)23-18-8-4-3-7-17(18)21-22-19-9-5-6-10-20(19)27-21/h3-14,23H,2H2,1H3. The maximum atomic E-state index is 12.9. The molecule has 3 aromatic carbocycles. The summed E-state index contributed by atoms with van der Waals surface area (Å²) in [6.07, 6.45) is 0. The van der Waals surface area contributed by atoms with Crippen LogP contribution in [0.4, 0.5) is 5.69 Å². The van der Waals surface area contributed by atoms with Gasteiger partial charge in [-0.1, -0.05) is 24.3 Å². The van der Waals surface area contributed by atoms with Gasteiger partial charge in [0.15, 0.2) is 0 Å². The third-order valence-corrected chi connectivity index (χ3v) is 6.59. The molecule has 4 rings (SSSR count). The summed E-state index contributed by atoms with van der Waals surface area (Å²) < 4.78 is 34.8. The van der Waals surface area contributed by atoms with Crippen molar-refractivity contribution in [3.05, 3.63) is 72.8 Å². The largest absolute Gasteiger partial charge is 0.494 e. The molecule has 0 spiro atoms. The van der Waals surface area contributed by atoms with E-state index in [-0.39, 0.29) is 4.90 Å². The first-order chi connectivity index (χ1) is 13.6. The van der Waals surface area contributed by atoms with Crippen LogP contribution in [0.15, 0.2) is 77.7 Å². The van der Waals surface area contributed by atoms with Crippen molar-refractivity contribution in [3.8, 4) is 16.3 Å². The number of anilines is 1. The van der Waals surface area contributed by atoms with E-state index < -0.39 is 10.0 Å². The number of thiazole rings is 1. The van der Waals surface area contributed by atoms with Crippen LogP contribution in [0, 0.1) is 0 Å². The fourth-order valence-corrected chi connectivity index (χ4v) is 4.92. The molecule has 7 heteroatoms. The van der Waals surface area contributed by atoms with E-state index in [4.69, 9.17) is 4.74 Å². The van der Waals surface area contributed by atoms with Gasteiger partial charge >= 0.3 is 0 Å². The average Bonchev–Trinajstić information content (AvgIpc) is 3.13. The van der Waals surface area contributed by atoms with E-state index in [0.717, 1.165) is 20.8 Å². The van der Waals surface area contributed by atoms with Crippen LogP contribution >= 0.6 is 11.3 Å². The molecule has 1 N–H and O–H groups in total. The minimum absolute atomic E-state index is 0.176. The minimum Gasteiger partial charge on any atom is -0.494 e. The van der Waals surface area contributed by atoms with Gasteiger partial charge in [-0.05, 0) is 55.5 Å². The molecule has 1 heterocycles. The van der Waals surface area contributed by atoms with Crippen LogP contribution in [-0.4, -0.2) is 20.0 Å². The van der Waals surface area contributed by atoms with Crippen LogP contribution in [0.2, 0.25) is 0 Å². The summed E-state index contributed by atoms with van der Waals surface area (Å²) in [5.41, 5.74) is 2.14. The maximum Gasteiger partial charge on any atom is 0.261 e. The first-order valence-corrected chi connectivity index (χ1v) is 11.1. The van der Waals surface area contributed by atoms with E-state index in [2.05, 4.69) is 9.71 Å². The number of ether oxygens (including phenoxy) is 1. The number of nitrogens with zero attached hydrogens (tertiary/aromatic N) is 1. The number of aromatic nitrogens is 1. The molecule has 0 aliphatic heterocycles. The molecule has 1 aromatic heterocycles. The lowest BCUT2D eigenvalue weighted by Crippen LogP contribution is -2.13. The lowest BCUT2D eigenvalue weighted by atomic mass is 10.2. The van der Waals surface area contributed by atoms with E-state index in [1.54, 1.807) is 24.3 Å². The van der Waals surface area contributed by atoms with Gasteiger partial charge in [-0.15, -0.1) is 11.3 Å². The Morgan fingerprint density at radius 3 is 2.43 bits per heavy atom. The van der Waals surface area contributed by atoms with Crippen LogP contribution < -0.4 is 9.46 Å². The molecule has 0 aliphatic carbocycles. The van der Waals surface area contributed by atoms with Gasteiger partial charge in [0, 0.05) is 5.56 Å². The zero-order chi connectivity index (χ0) is 19.6. The van der Waals surface area contributed by atoms with Crippen molar-refractivity contribution in [2.75, 3.05) is 11.3 Å². The second-order valence-electron chi connectivity index (χ2n) is 6.04. The molecule has 0 saturated heterocycles. The average molecular weight is 411 g/mol. The number of fused-ring (bicyclic) bond motifs is 1. The van der Waals surface area contributed by atoms with Crippen LogP contribution in [0.3, 0.4) is 0 Å². The Labute approximate surface area is 167 Å². The highest BCUT2D eigenvalue weighted by Crippen LogP contribution is 2.35. The molecule has 0 bridgehead atoms. The number of rotatable bonds is 6. The fraction of sp³-hybridized carbons (Fsp3) is 0.0952. The molecular formula is C21H18N2O3S2. The predicted molar refractivity (Wildman–Crippen MR) is 113 cm³/mol. The van der Waals surface area contributed by atoms with Crippen LogP contribution in [0.5, 0.6) is 5.75 Å². The van der Waals surface area contributed by atoms with Gasteiger partial charge in [-0.25, -0.2) is 13.4 Å². The predicted octanol–water partition coefficient (Wildman–Crippen LogP) is 5.16. The zero-order valence-electron chi connectivity index (χ0n) is 15.1. The number of hydrogen-bond acceptors (Lipinski definition) is 5. The van der Waals surface area contributed by atoms with E-state index in [9.17, 15) is 8.42 Å². The Morgan fingerprint density at radius 2 is 1.68 bits per heavy atom. The molecular weight excluding hydrogens is 392 g/mol. The molecule has 4 aromatic rings. The summed E-state index contributed by atoms with van der Waals surface area (Å²) in [6.45, 7) is 2.41. The smallest absolute Gasteiger partial charge is 0.261 e. The Hall–Kier alpha value is -2.90. The van der Waals surface area contributed by atoms with Crippen LogP contribution in [0.25, 0.3) is 20.8 Å². The number of hydrogen-bond donors (Lipinski definition) is 1. The van der Waals surface area contributed by atoms with E-state index in [1.165, 1.54) is 23.5 Å². The topological polar surface area (TPSA) is 68.3 Å². The minimum atomic E-state index is -3.73. The highest BCUT2D eigenvalue weighted by atomic mass is 32.2. The number of nitrogens with one attached hydrogen (secondary N) is 1. The summed E-state index contributed by atoms with van der Waals surface area (Å²) in [6, 6.07) is 21.5. The molecule has 0 unspecified atom stereocenters. The van der Waals surface area contributed by atoms with Gasteiger partial charge in [0.2, 0.25) is 0 Å². The fourth-order valence-electron chi connectivity index (χ4n) is 2.83.